The summed E-state index contributed by atoms with van der Waals surface area (Å²) in [5, 5.41) is 3.45. The van der Waals surface area contributed by atoms with Crippen LogP contribution in [0.15, 0.2) is 83.8 Å². The van der Waals surface area contributed by atoms with E-state index in [-0.39, 0.29) is 23.0 Å². The van der Waals surface area contributed by atoms with Gasteiger partial charge >= 0.3 is 0 Å². The molecule has 2 amide bonds. The third kappa shape index (κ3) is 6.37. The van der Waals surface area contributed by atoms with Gasteiger partial charge in [-0.3, -0.25) is 13.9 Å². The van der Waals surface area contributed by atoms with Gasteiger partial charge < -0.3 is 10.2 Å². The van der Waals surface area contributed by atoms with Crippen molar-refractivity contribution < 1.29 is 18.0 Å². The third-order valence-corrected chi connectivity index (χ3v) is 8.06. The maximum Gasteiger partial charge on any atom is 0.264 e. The van der Waals surface area contributed by atoms with Gasteiger partial charge in [-0.05, 0) is 54.4 Å². The molecule has 1 atom stereocenters. The number of hydrogen-bond donors (Lipinski definition) is 1. The number of likely N-dealkylation sites (N-methyl/N-ethyl adjacent to an activating group) is 1. The Labute approximate surface area is 221 Å². The number of benzene rings is 3. The Balaban J connectivity index is 2.05. The lowest BCUT2D eigenvalue weighted by atomic mass is 10.1. The van der Waals surface area contributed by atoms with Crippen LogP contribution in [0.4, 0.5) is 5.69 Å². The molecule has 0 fully saturated rings. The number of nitrogens with zero attached hydrogens (tertiary/aromatic N) is 2. The molecule has 0 aliphatic carbocycles. The van der Waals surface area contributed by atoms with Crippen LogP contribution in [0.5, 0.6) is 0 Å². The highest BCUT2D eigenvalue weighted by atomic mass is 35.5. The topological polar surface area (TPSA) is 86.8 Å². The molecule has 7 nitrogen and oxygen atoms in total. The molecule has 190 valence electrons. The minimum absolute atomic E-state index is 0.0312. The maximum absolute atomic E-state index is 13.8. The highest BCUT2D eigenvalue weighted by Gasteiger charge is 2.33. The quantitative estimate of drug-likeness (QED) is 0.397. The van der Waals surface area contributed by atoms with Gasteiger partial charge in [0, 0.05) is 23.6 Å². The molecular weight excluding hydrogens is 521 g/mol. The number of amides is 2. The summed E-state index contributed by atoms with van der Waals surface area (Å²) < 4.78 is 28.3. The molecule has 0 spiro atoms. The molecule has 3 aromatic carbocycles. The Bertz CT molecular complexity index is 1300. The summed E-state index contributed by atoms with van der Waals surface area (Å²) in [5.41, 5.74) is 0.904. The lowest BCUT2D eigenvalue weighted by Crippen LogP contribution is -2.51. The van der Waals surface area contributed by atoms with Crippen molar-refractivity contribution in [3.8, 4) is 0 Å². The van der Waals surface area contributed by atoms with Crippen LogP contribution in [0, 0.1) is 0 Å². The first-order valence-electron chi connectivity index (χ1n) is 11.3. The van der Waals surface area contributed by atoms with E-state index in [9.17, 15) is 18.0 Å². The summed E-state index contributed by atoms with van der Waals surface area (Å²) in [7, 11) is -2.63. The largest absolute Gasteiger partial charge is 0.357 e. The number of rotatable bonds is 10. The number of carbonyl (C=O) groups excluding carboxylic acids is 2. The van der Waals surface area contributed by atoms with Crippen LogP contribution < -0.4 is 9.62 Å². The summed E-state index contributed by atoms with van der Waals surface area (Å²) in [4.78, 5) is 27.9. The van der Waals surface area contributed by atoms with Gasteiger partial charge in [-0.25, -0.2) is 8.42 Å². The summed E-state index contributed by atoms with van der Waals surface area (Å²) in [5.74, 6) is -0.915. The number of anilines is 1. The zero-order valence-electron chi connectivity index (χ0n) is 19.9. The van der Waals surface area contributed by atoms with E-state index in [1.165, 1.54) is 36.2 Å². The minimum atomic E-state index is -4.12. The van der Waals surface area contributed by atoms with Crippen molar-refractivity contribution >= 4 is 50.7 Å². The van der Waals surface area contributed by atoms with Gasteiger partial charge in [-0.15, -0.1) is 0 Å². The molecule has 0 saturated heterocycles. The average Bonchev–Trinajstić information content (AvgIpc) is 2.89. The van der Waals surface area contributed by atoms with Crippen LogP contribution in [0.3, 0.4) is 0 Å². The summed E-state index contributed by atoms with van der Waals surface area (Å²) in [6, 6.07) is 20.2. The molecule has 0 heterocycles. The SMILES string of the molecule is CCC(C(=O)NC)N(Cc1ccccc1Cl)C(=O)CN(c1ccc(Cl)cc1)S(=O)(=O)c1ccccc1. The number of carbonyl (C=O) groups is 2. The summed E-state index contributed by atoms with van der Waals surface area (Å²) >= 11 is 12.4. The third-order valence-electron chi connectivity index (χ3n) is 5.66. The second-order valence-corrected chi connectivity index (χ2v) is 10.7. The number of halogens is 2. The van der Waals surface area contributed by atoms with E-state index in [1.54, 1.807) is 61.5 Å². The van der Waals surface area contributed by atoms with Crippen LogP contribution in [0.2, 0.25) is 10.0 Å². The van der Waals surface area contributed by atoms with Gasteiger partial charge in [-0.2, -0.15) is 0 Å². The fraction of sp³-hybridized carbons (Fsp3) is 0.231. The molecule has 0 saturated carbocycles. The first-order valence-corrected chi connectivity index (χ1v) is 13.5. The van der Waals surface area contributed by atoms with Crippen LogP contribution in [0.25, 0.3) is 0 Å². The van der Waals surface area contributed by atoms with Crippen molar-refractivity contribution in [3.05, 3.63) is 94.5 Å². The van der Waals surface area contributed by atoms with Gasteiger partial charge in [0.2, 0.25) is 11.8 Å². The highest BCUT2D eigenvalue weighted by Crippen LogP contribution is 2.26. The highest BCUT2D eigenvalue weighted by molar-refractivity contribution is 7.92. The molecule has 0 bridgehead atoms. The minimum Gasteiger partial charge on any atom is -0.357 e. The molecule has 3 aromatic rings. The Hall–Kier alpha value is -3.07. The average molecular weight is 548 g/mol. The van der Waals surface area contributed by atoms with Gasteiger partial charge in [0.1, 0.15) is 12.6 Å². The second-order valence-electron chi connectivity index (χ2n) is 7.95. The predicted molar refractivity (Wildman–Crippen MR) is 143 cm³/mol. The molecule has 0 radical (unpaired) electrons. The van der Waals surface area contributed by atoms with Crippen molar-refractivity contribution in [1.29, 1.82) is 0 Å². The van der Waals surface area contributed by atoms with E-state index in [2.05, 4.69) is 5.32 Å². The molecule has 3 rings (SSSR count). The lowest BCUT2D eigenvalue weighted by molar-refractivity contribution is -0.140. The molecule has 36 heavy (non-hydrogen) atoms. The Morgan fingerprint density at radius 2 is 1.53 bits per heavy atom. The molecular formula is C26H27Cl2N3O4S. The zero-order chi connectivity index (χ0) is 26.3. The smallest absolute Gasteiger partial charge is 0.264 e. The summed E-state index contributed by atoms with van der Waals surface area (Å²) in [6.07, 6.45) is 0.322. The van der Waals surface area contributed by atoms with E-state index in [1.807, 2.05) is 0 Å². The fourth-order valence-corrected chi connectivity index (χ4v) is 5.51. The number of hydrogen-bond acceptors (Lipinski definition) is 4. The molecule has 0 aliphatic heterocycles. The van der Waals surface area contributed by atoms with Crippen LogP contribution in [-0.2, 0) is 26.2 Å². The maximum atomic E-state index is 13.8. The predicted octanol–water partition coefficient (Wildman–Crippen LogP) is 4.74. The second kappa shape index (κ2) is 12.3. The van der Waals surface area contributed by atoms with Crippen molar-refractivity contribution in [2.45, 2.75) is 30.8 Å². The van der Waals surface area contributed by atoms with Crippen LogP contribution in [-0.4, -0.2) is 44.8 Å². The normalized spacial score (nSPS) is 12.0. The van der Waals surface area contributed by atoms with Gasteiger partial charge in [-0.1, -0.05) is 66.5 Å². The summed E-state index contributed by atoms with van der Waals surface area (Å²) in [6.45, 7) is 1.28. The number of nitrogens with one attached hydrogen (secondary N) is 1. The van der Waals surface area contributed by atoms with E-state index < -0.39 is 28.5 Å². The first kappa shape index (κ1) is 27.5. The monoisotopic (exact) mass is 547 g/mol. The van der Waals surface area contributed by atoms with Gasteiger partial charge in [0.25, 0.3) is 10.0 Å². The zero-order valence-corrected chi connectivity index (χ0v) is 22.2. The van der Waals surface area contributed by atoms with Crippen molar-refractivity contribution in [1.82, 2.24) is 10.2 Å². The molecule has 1 N–H and O–H groups in total. The van der Waals surface area contributed by atoms with Gasteiger partial charge in [0.05, 0.1) is 10.6 Å². The van der Waals surface area contributed by atoms with E-state index in [0.717, 1.165) is 4.31 Å². The standard InChI is InChI=1S/C26H27Cl2N3O4S/c1-3-24(26(33)29-2)30(17-19-9-7-8-12-23(19)28)25(32)18-31(21-15-13-20(27)14-16-21)36(34,35)22-10-5-4-6-11-22/h4-16,24H,3,17-18H2,1-2H3,(H,29,33). The van der Waals surface area contributed by atoms with E-state index >= 15 is 0 Å². The van der Waals surface area contributed by atoms with Crippen LogP contribution in [0.1, 0.15) is 18.9 Å². The molecule has 1 unspecified atom stereocenters. The molecule has 0 aliphatic rings. The van der Waals surface area contributed by atoms with Crippen molar-refractivity contribution in [2.24, 2.45) is 0 Å². The van der Waals surface area contributed by atoms with E-state index in [0.29, 0.717) is 22.0 Å². The number of sulfonamides is 1. The Kier molecular flexibility index (Phi) is 9.37. The Morgan fingerprint density at radius 3 is 2.11 bits per heavy atom. The van der Waals surface area contributed by atoms with Crippen LogP contribution >= 0.6 is 23.2 Å². The van der Waals surface area contributed by atoms with E-state index in [4.69, 9.17) is 23.2 Å². The Morgan fingerprint density at radius 1 is 0.917 bits per heavy atom. The van der Waals surface area contributed by atoms with Crippen molar-refractivity contribution in [2.75, 3.05) is 17.9 Å². The fourth-order valence-electron chi connectivity index (χ4n) is 3.75. The van der Waals surface area contributed by atoms with Crippen molar-refractivity contribution in [3.63, 3.8) is 0 Å². The molecule has 10 heteroatoms. The first-order chi connectivity index (χ1) is 17.2. The van der Waals surface area contributed by atoms with Gasteiger partial charge in [0.15, 0.2) is 0 Å². The lowest BCUT2D eigenvalue weighted by Gasteiger charge is -2.33. The molecule has 0 aromatic heterocycles.